The summed E-state index contributed by atoms with van der Waals surface area (Å²) >= 11 is 3.21. The van der Waals surface area contributed by atoms with Crippen LogP contribution in [0.3, 0.4) is 0 Å². The number of likely N-dealkylation sites (tertiary alicyclic amines) is 1. The Labute approximate surface area is 151 Å². The Hall–Kier alpha value is -1.30. The van der Waals surface area contributed by atoms with E-state index in [1.54, 1.807) is 17.0 Å². The van der Waals surface area contributed by atoms with Crippen LogP contribution in [0.5, 0.6) is 0 Å². The first kappa shape index (κ1) is 19.0. The molecule has 1 heterocycles. The van der Waals surface area contributed by atoms with Gasteiger partial charge in [0.25, 0.3) is 0 Å². The van der Waals surface area contributed by atoms with Gasteiger partial charge in [0.05, 0.1) is 10.2 Å². The number of piperidine rings is 1. The smallest absolute Gasteiger partial charge is 0.410 e. The Morgan fingerprint density at radius 2 is 2.00 bits per heavy atom. The van der Waals surface area contributed by atoms with Crippen LogP contribution in [0.4, 0.5) is 14.9 Å². The van der Waals surface area contributed by atoms with Gasteiger partial charge in [0, 0.05) is 19.1 Å². The van der Waals surface area contributed by atoms with Crippen LogP contribution in [0.15, 0.2) is 22.7 Å². The molecule has 1 atom stereocenters. The van der Waals surface area contributed by atoms with E-state index in [1.165, 1.54) is 0 Å². The molecule has 1 aliphatic heterocycles. The van der Waals surface area contributed by atoms with Crippen LogP contribution in [0.25, 0.3) is 0 Å². The normalized spacial score (nSPS) is 17.5. The van der Waals surface area contributed by atoms with E-state index in [0.717, 1.165) is 12.8 Å². The van der Waals surface area contributed by atoms with Crippen LogP contribution in [-0.2, 0) is 4.74 Å². The van der Waals surface area contributed by atoms with Crippen LogP contribution in [0.2, 0.25) is 0 Å². The summed E-state index contributed by atoms with van der Waals surface area (Å²) in [5.74, 6) is 0.123. The molecule has 1 saturated heterocycles. The van der Waals surface area contributed by atoms with Gasteiger partial charge in [-0.2, -0.15) is 0 Å². The summed E-state index contributed by atoms with van der Waals surface area (Å²) in [6.45, 7) is 9.02. The molecule has 0 aliphatic carbocycles. The fraction of sp³-hybridized carbons (Fsp3) is 0.611. The summed E-state index contributed by atoms with van der Waals surface area (Å²) in [5, 5.41) is 3.26. The predicted octanol–water partition coefficient (Wildman–Crippen LogP) is 5.04. The zero-order valence-electron chi connectivity index (χ0n) is 14.7. The molecule has 2 rings (SSSR count). The minimum Gasteiger partial charge on any atom is -0.444 e. The summed E-state index contributed by atoms with van der Waals surface area (Å²) < 4.78 is 19.9. The van der Waals surface area contributed by atoms with E-state index < -0.39 is 5.60 Å². The van der Waals surface area contributed by atoms with Gasteiger partial charge in [-0.1, -0.05) is 6.07 Å². The number of hydrogen-bond donors (Lipinski definition) is 1. The van der Waals surface area contributed by atoms with Gasteiger partial charge in [-0.25, -0.2) is 9.18 Å². The van der Waals surface area contributed by atoms with Gasteiger partial charge in [0.15, 0.2) is 5.82 Å². The first-order valence-corrected chi connectivity index (χ1v) is 9.15. The molecule has 4 nitrogen and oxygen atoms in total. The van der Waals surface area contributed by atoms with E-state index in [9.17, 15) is 9.18 Å². The molecule has 134 valence electrons. The van der Waals surface area contributed by atoms with Crippen LogP contribution in [0, 0.1) is 11.7 Å². The van der Waals surface area contributed by atoms with Crippen molar-refractivity contribution in [3.63, 3.8) is 0 Å². The molecule has 0 spiro atoms. The Morgan fingerprint density at radius 1 is 1.38 bits per heavy atom. The highest BCUT2D eigenvalue weighted by atomic mass is 79.9. The molecule has 1 N–H and O–H groups in total. The highest BCUT2D eigenvalue weighted by Crippen LogP contribution is 2.27. The zero-order chi connectivity index (χ0) is 17.9. The van der Waals surface area contributed by atoms with Crippen LogP contribution in [0.1, 0.15) is 40.5 Å². The van der Waals surface area contributed by atoms with Gasteiger partial charge >= 0.3 is 6.09 Å². The third kappa shape index (κ3) is 5.10. The second kappa shape index (κ2) is 7.72. The molecule has 0 saturated carbocycles. The van der Waals surface area contributed by atoms with Crippen molar-refractivity contribution in [2.24, 2.45) is 5.92 Å². The van der Waals surface area contributed by atoms with Gasteiger partial charge in [-0.3, -0.25) is 0 Å². The third-order valence-corrected chi connectivity index (χ3v) is 4.85. The number of hydrogen-bond acceptors (Lipinski definition) is 3. The maximum atomic E-state index is 14.1. The number of halogens is 2. The first-order chi connectivity index (χ1) is 11.2. The number of carbonyl (C=O) groups excluding carboxylic acids is 1. The molecule has 1 amide bonds. The first-order valence-electron chi connectivity index (χ1n) is 8.36. The Balaban J connectivity index is 1.87. The fourth-order valence-corrected chi connectivity index (χ4v) is 3.25. The van der Waals surface area contributed by atoms with Crippen molar-refractivity contribution in [3.8, 4) is 0 Å². The average molecular weight is 401 g/mol. The van der Waals surface area contributed by atoms with Crippen molar-refractivity contribution in [1.82, 2.24) is 4.90 Å². The Morgan fingerprint density at radius 3 is 2.58 bits per heavy atom. The second-order valence-electron chi connectivity index (χ2n) is 7.34. The predicted molar refractivity (Wildman–Crippen MR) is 97.7 cm³/mol. The van der Waals surface area contributed by atoms with Crippen molar-refractivity contribution in [3.05, 3.63) is 28.5 Å². The van der Waals surface area contributed by atoms with Gasteiger partial charge in [0.2, 0.25) is 0 Å². The van der Waals surface area contributed by atoms with E-state index in [1.807, 2.05) is 26.8 Å². The number of ether oxygens (including phenoxy) is 1. The van der Waals surface area contributed by atoms with Gasteiger partial charge in [0.1, 0.15) is 5.60 Å². The third-order valence-electron chi connectivity index (χ3n) is 4.23. The van der Waals surface area contributed by atoms with Gasteiger partial charge in [-0.05, 0) is 74.5 Å². The summed E-state index contributed by atoms with van der Waals surface area (Å²) in [7, 11) is 0. The van der Waals surface area contributed by atoms with Crippen molar-refractivity contribution in [1.29, 1.82) is 0 Å². The van der Waals surface area contributed by atoms with Gasteiger partial charge < -0.3 is 15.0 Å². The molecule has 0 bridgehead atoms. The lowest BCUT2D eigenvalue weighted by molar-refractivity contribution is 0.0179. The molecule has 0 radical (unpaired) electrons. The maximum absolute atomic E-state index is 14.1. The highest BCUT2D eigenvalue weighted by molar-refractivity contribution is 9.10. The summed E-state index contributed by atoms with van der Waals surface area (Å²) in [4.78, 5) is 13.9. The highest BCUT2D eigenvalue weighted by Gasteiger charge is 2.29. The Bertz CT molecular complexity index is 581. The van der Waals surface area contributed by atoms with Crippen LogP contribution >= 0.6 is 15.9 Å². The molecule has 1 aromatic rings. The van der Waals surface area contributed by atoms with Crippen LogP contribution < -0.4 is 5.32 Å². The second-order valence-corrected chi connectivity index (χ2v) is 8.19. The molecule has 24 heavy (non-hydrogen) atoms. The zero-order valence-corrected chi connectivity index (χ0v) is 16.3. The number of anilines is 1. The molecule has 1 aromatic carbocycles. The van der Waals surface area contributed by atoms with E-state index >= 15 is 0 Å². The lowest BCUT2D eigenvalue weighted by Gasteiger charge is -2.36. The standard InChI is InChI=1S/C18H26BrFN2O2/c1-12(21-15-7-5-6-14(19)16(15)20)13-8-10-22(11-9-13)17(23)24-18(2,3)4/h5-7,12-13,21H,8-11H2,1-4H3. The number of rotatable bonds is 3. The topological polar surface area (TPSA) is 41.6 Å². The minimum atomic E-state index is -0.471. The molecule has 1 unspecified atom stereocenters. The largest absolute Gasteiger partial charge is 0.444 e. The van der Waals surface area contributed by atoms with Crippen molar-refractivity contribution in [2.75, 3.05) is 18.4 Å². The number of nitrogens with zero attached hydrogens (tertiary/aromatic N) is 1. The lowest BCUT2D eigenvalue weighted by Crippen LogP contribution is -2.44. The lowest BCUT2D eigenvalue weighted by atomic mass is 9.90. The molecule has 1 aliphatic rings. The average Bonchev–Trinajstić information content (AvgIpc) is 2.50. The number of nitrogens with one attached hydrogen (secondary N) is 1. The SMILES string of the molecule is CC(Nc1cccc(Br)c1F)C1CCN(C(=O)OC(C)(C)C)CC1. The van der Waals surface area contributed by atoms with E-state index in [4.69, 9.17) is 4.74 Å². The quantitative estimate of drug-likeness (QED) is 0.772. The van der Waals surface area contributed by atoms with Crippen molar-refractivity contribution < 1.29 is 13.9 Å². The number of amides is 1. The molecular weight excluding hydrogens is 375 g/mol. The van der Waals surface area contributed by atoms with E-state index in [-0.39, 0.29) is 18.0 Å². The number of benzene rings is 1. The molecule has 1 fully saturated rings. The molecule has 0 aromatic heterocycles. The Kier molecular flexibility index (Phi) is 6.12. The fourth-order valence-electron chi connectivity index (χ4n) is 2.89. The monoisotopic (exact) mass is 400 g/mol. The summed E-state index contributed by atoms with van der Waals surface area (Å²) in [6, 6.07) is 5.37. The molecular formula is C18H26BrFN2O2. The van der Waals surface area contributed by atoms with Crippen LogP contribution in [-0.4, -0.2) is 35.7 Å². The van der Waals surface area contributed by atoms with Gasteiger partial charge in [-0.15, -0.1) is 0 Å². The summed E-state index contributed by atoms with van der Waals surface area (Å²) in [5.41, 5.74) is 0.0347. The van der Waals surface area contributed by atoms with E-state index in [0.29, 0.717) is 29.2 Å². The number of carbonyl (C=O) groups is 1. The molecule has 6 heteroatoms. The van der Waals surface area contributed by atoms with E-state index in [2.05, 4.69) is 28.2 Å². The van der Waals surface area contributed by atoms with Crippen molar-refractivity contribution >= 4 is 27.7 Å². The minimum absolute atomic E-state index is 0.134. The maximum Gasteiger partial charge on any atom is 0.410 e. The summed E-state index contributed by atoms with van der Waals surface area (Å²) in [6.07, 6.45) is 1.51. The van der Waals surface area contributed by atoms with Crippen molar-refractivity contribution in [2.45, 2.75) is 52.2 Å².